The summed E-state index contributed by atoms with van der Waals surface area (Å²) in [6.45, 7) is 0. The molecule has 1 heteroatoms. The molecule has 2 aromatic rings. The topological polar surface area (TPSA) is 12.9 Å². The first-order valence-electron chi connectivity index (χ1n) is 6.09. The Bertz CT molecular complexity index is 833. The van der Waals surface area contributed by atoms with Crippen molar-refractivity contribution < 1.29 is 0 Å². The number of fused-ring (bicyclic) bond motifs is 5. The van der Waals surface area contributed by atoms with E-state index in [9.17, 15) is 0 Å². The minimum Gasteiger partial charge on any atom is -0.256 e. The fourth-order valence-electron chi connectivity index (χ4n) is 2.65. The van der Waals surface area contributed by atoms with Crippen LogP contribution in [0.3, 0.4) is 0 Å². The summed E-state index contributed by atoms with van der Waals surface area (Å²) in [6.07, 6.45) is 1.86. The maximum atomic E-state index is 4.54. The van der Waals surface area contributed by atoms with E-state index in [1.807, 2.05) is 12.3 Å². The van der Waals surface area contributed by atoms with Gasteiger partial charge in [0, 0.05) is 17.1 Å². The molecule has 0 aliphatic heterocycles. The lowest BCUT2D eigenvalue weighted by Gasteiger charge is -1.97. The normalized spacial score (nSPS) is 11.3. The minimum absolute atomic E-state index is 1.08. The molecule has 0 atom stereocenters. The quantitative estimate of drug-likeness (QED) is 0.433. The number of pyridine rings is 1. The lowest BCUT2D eigenvalue weighted by atomic mass is 10.1. The molecule has 1 aromatic carbocycles. The van der Waals surface area contributed by atoms with E-state index in [0.29, 0.717) is 0 Å². The smallest absolute Gasteiger partial charge is 0.0780 e. The SMILES string of the molecule is c1ccc2c3cccc4cccnc4c-3cc2c1. The summed E-state index contributed by atoms with van der Waals surface area (Å²) in [5, 5.41) is 3.77. The number of aromatic nitrogens is 1. The summed E-state index contributed by atoms with van der Waals surface area (Å²) in [6, 6.07) is 21.2. The second kappa shape index (κ2) is 3.54. The third kappa shape index (κ3) is 1.25. The summed E-state index contributed by atoms with van der Waals surface area (Å²) in [5.41, 5.74) is 3.59. The van der Waals surface area contributed by atoms with Gasteiger partial charge in [-0.1, -0.05) is 48.5 Å². The highest BCUT2D eigenvalue weighted by Gasteiger charge is 2.11. The van der Waals surface area contributed by atoms with E-state index in [2.05, 4.69) is 59.6 Å². The molecule has 0 amide bonds. The molecule has 0 saturated carbocycles. The average molecular weight is 229 g/mol. The number of hydrogen-bond donors (Lipinski definition) is 0. The second-order valence-corrected chi connectivity index (χ2v) is 4.53. The zero-order valence-corrected chi connectivity index (χ0v) is 9.80. The van der Waals surface area contributed by atoms with E-state index in [1.165, 1.54) is 27.3 Å². The van der Waals surface area contributed by atoms with Crippen LogP contribution in [0.15, 0.2) is 66.9 Å². The molecule has 1 aromatic heterocycles. The third-order valence-electron chi connectivity index (χ3n) is 3.47. The highest BCUT2D eigenvalue weighted by Crippen LogP contribution is 2.36. The maximum absolute atomic E-state index is 4.54. The third-order valence-corrected chi connectivity index (χ3v) is 3.47. The van der Waals surface area contributed by atoms with Crippen molar-refractivity contribution in [3.8, 4) is 11.1 Å². The largest absolute Gasteiger partial charge is 0.256 e. The van der Waals surface area contributed by atoms with Crippen LogP contribution < -0.4 is 0 Å². The van der Waals surface area contributed by atoms with Gasteiger partial charge in [-0.3, -0.25) is 4.98 Å². The number of hydrogen-bond acceptors (Lipinski definition) is 1. The highest BCUT2D eigenvalue weighted by molar-refractivity contribution is 6.09. The Morgan fingerprint density at radius 1 is 0.667 bits per heavy atom. The molecule has 18 heavy (non-hydrogen) atoms. The molecule has 1 nitrogen and oxygen atoms in total. The van der Waals surface area contributed by atoms with E-state index in [-0.39, 0.29) is 0 Å². The van der Waals surface area contributed by atoms with Crippen LogP contribution in [0.25, 0.3) is 32.8 Å². The Morgan fingerprint density at radius 3 is 2.50 bits per heavy atom. The minimum atomic E-state index is 1.08. The van der Waals surface area contributed by atoms with E-state index in [0.717, 1.165) is 5.52 Å². The Hall–Kier alpha value is -2.41. The highest BCUT2D eigenvalue weighted by atomic mass is 14.6. The van der Waals surface area contributed by atoms with E-state index in [1.54, 1.807) is 0 Å². The fourth-order valence-corrected chi connectivity index (χ4v) is 2.65. The molecular weight excluding hydrogens is 218 g/mol. The molecule has 4 rings (SSSR count). The van der Waals surface area contributed by atoms with Gasteiger partial charge < -0.3 is 0 Å². The van der Waals surface area contributed by atoms with Crippen LogP contribution in [0.4, 0.5) is 0 Å². The molecule has 0 unspecified atom stereocenters. The number of benzene rings is 1. The van der Waals surface area contributed by atoms with Crippen molar-refractivity contribution in [3.05, 3.63) is 66.9 Å². The van der Waals surface area contributed by atoms with Crippen LogP contribution in [0.2, 0.25) is 0 Å². The van der Waals surface area contributed by atoms with Gasteiger partial charge in [-0.2, -0.15) is 0 Å². The molecule has 0 saturated heterocycles. The Balaban J connectivity index is 2.28. The zero-order chi connectivity index (χ0) is 11.9. The van der Waals surface area contributed by atoms with Crippen LogP contribution in [0.1, 0.15) is 0 Å². The average Bonchev–Trinajstić information content (AvgIpc) is 2.69. The molecule has 2 aliphatic rings. The first-order valence-corrected chi connectivity index (χ1v) is 6.09. The van der Waals surface area contributed by atoms with Crippen molar-refractivity contribution in [3.63, 3.8) is 0 Å². The number of nitrogens with zero attached hydrogens (tertiary/aromatic N) is 1. The summed E-state index contributed by atoms with van der Waals surface area (Å²) >= 11 is 0. The van der Waals surface area contributed by atoms with Crippen molar-refractivity contribution >= 4 is 21.7 Å². The molecule has 0 fully saturated rings. The predicted octanol–water partition coefficient (Wildman–Crippen LogP) is 4.49. The summed E-state index contributed by atoms with van der Waals surface area (Å²) in [7, 11) is 0. The number of rotatable bonds is 0. The van der Waals surface area contributed by atoms with E-state index in [4.69, 9.17) is 0 Å². The molecule has 0 N–H and O–H groups in total. The lowest BCUT2D eigenvalue weighted by Crippen LogP contribution is -1.76. The van der Waals surface area contributed by atoms with Gasteiger partial charge in [0.05, 0.1) is 5.52 Å². The Labute approximate surface area is 105 Å². The van der Waals surface area contributed by atoms with Crippen LogP contribution in [0.5, 0.6) is 0 Å². The Morgan fingerprint density at radius 2 is 1.50 bits per heavy atom. The van der Waals surface area contributed by atoms with Crippen molar-refractivity contribution in [1.82, 2.24) is 4.98 Å². The monoisotopic (exact) mass is 229 g/mol. The standard InChI is InChI=1S/C17H11N/c1-2-8-14-13(5-1)11-16-15(14)9-3-6-12-7-4-10-18-17(12)16/h1-11H. The summed E-state index contributed by atoms with van der Waals surface area (Å²) in [5.74, 6) is 0. The lowest BCUT2D eigenvalue weighted by molar-refractivity contribution is 1.42. The second-order valence-electron chi connectivity index (χ2n) is 4.53. The van der Waals surface area contributed by atoms with Gasteiger partial charge in [-0.25, -0.2) is 0 Å². The van der Waals surface area contributed by atoms with Crippen molar-refractivity contribution in [2.24, 2.45) is 0 Å². The van der Waals surface area contributed by atoms with Crippen LogP contribution in [-0.4, -0.2) is 4.98 Å². The van der Waals surface area contributed by atoms with Crippen molar-refractivity contribution in [1.29, 1.82) is 0 Å². The van der Waals surface area contributed by atoms with Gasteiger partial charge in [0.1, 0.15) is 0 Å². The van der Waals surface area contributed by atoms with Gasteiger partial charge in [0.2, 0.25) is 0 Å². The zero-order valence-electron chi connectivity index (χ0n) is 9.80. The molecule has 84 valence electrons. The van der Waals surface area contributed by atoms with Crippen LogP contribution in [0, 0.1) is 0 Å². The van der Waals surface area contributed by atoms with Gasteiger partial charge in [0.15, 0.2) is 0 Å². The Kier molecular flexibility index (Phi) is 1.89. The summed E-state index contributed by atoms with van der Waals surface area (Å²) < 4.78 is 0. The van der Waals surface area contributed by atoms with Gasteiger partial charge in [0.25, 0.3) is 0 Å². The van der Waals surface area contributed by atoms with E-state index >= 15 is 0 Å². The van der Waals surface area contributed by atoms with Crippen LogP contribution in [-0.2, 0) is 0 Å². The maximum Gasteiger partial charge on any atom is 0.0780 e. The first-order chi connectivity index (χ1) is 8.93. The first kappa shape index (κ1) is 9.60. The van der Waals surface area contributed by atoms with Crippen molar-refractivity contribution in [2.75, 3.05) is 0 Å². The summed E-state index contributed by atoms with van der Waals surface area (Å²) in [4.78, 5) is 4.54. The van der Waals surface area contributed by atoms with Gasteiger partial charge in [-0.05, 0) is 28.5 Å². The predicted molar refractivity (Wildman–Crippen MR) is 75.9 cm³/mol. The van der Waals surface area contributed by atoms with Gasteiger partial charge >= 0.3 is 0 Å². The van der Waals surface area contributed by atoms with E-state index < -0.39 is 0 Å². The molecule has 0 radical (unpaired) electrons. The molecule has 2 aliphatic carbocycles. The van der Waals surface area contributed by atoms with Crippen molar-refractivity contribution in [2.45, 2.75) is 0 Å². The molecule has 1 heterocycles. The van der Waals surface area contributed by atoms with Gasteiger partial charge in [-0.15, -0.1) is 0 Å². The fraction of sp³-hybridized carbons (Fsp3) is 0. The molecular formula is C17H11N. The molecule has 0 spiro atoms. The molecule has 0 bridgehead atoms. The van der Waals surface area contributed by atoms with Crippen LogP contribution >= 0.6 is 0 Å².